The fourth-order valence-corrected chi connectivity index (χ4v) is 3.88. The van der Waals surface area contributed by atoms with Crippen molar-refractivity contribution >= 4 is 29.4 Å². The lowest BCUT2D eigenvalue weighted by Crippen LogP contribution is -2.55. The van der Waals surface area contributed by atoms with Gasteiger partial charge in [0.25, 0.3) is 0 Å². The Labute approximate surface area is 165 Å². The summed E-state index contributed by atoms with van der Waals surface area (Å²) in [6, 6.07) is 7.55. The zero-order chi connectivity index (χ0) is 19.2. The van der Waals surface area contributed by atoms with Crippen LogP contribution < -0.4 is 5.32 Å². The average molecular weight is 395 g/mol. The van der Waals surface area contributed by atoms with Crippen molar-refractivity contribution in [1.29, 1.82) is 0 Å². The van der Waals surface area contributed by atoms with E-state index in [9.17, 15) is 9.59 Å². The molecule has 3 rings (SSSR count). The SMILES string of the molecule is CCOC(=O)N1CCC(N2CCN(C(=O)Nc3cccc(Cl)c3)CC2)CC1. The van der Waals surface area contributed by atoms with Gasteiger partial charge < -0.3 is 19.9 Å². The van der Waals surface area contributed by atoms with Gasteiger partial charge in [0.1, 0.15) is 0 Å². The van der Waals surface area contributed by atoms with Gasteiger partial charge in [-0.3, -0.25) is 4.90 Å². The Kier molecular flexibility index (Phi) is 6.79. The molecule has 0 atom stereocenters. The van der Waals surface area contributed by atoms with Crippen molar-refractivity contribution in [2.45, 2.75) is 25.8 Å². The maximum Gasteiger partial charge on any atom is 0.409 e. The summed E-state index contributed by atoms with van der Waals surface area (Å²) in [6.07, 6.45) is 1.69. The van der Waals surface area contributed by atoms with Crippen LogP contribution in [-0.4, -0.2) is 78.7 Å². The first kappa shape index (κ1) is 19.8. The van der Waals surface area contributed by atoms with E-state index in [1.54, 1.807) is 17.0 Å². The van der Waals surface area contributed by atoms with Gasteiger partial charge in [0.15, 0.2) is 0 Å². The number of carbonyl (C=O) groups excluding carboxylic acids is 2. The minimum absolute atomic E-state index is 0.0888. The number of piperidine rings is 1. The summed E-state index contributed by atoms with van der Waals surface area (Å²) < 4.78 is 5.07. The van der Waals surface area contributed by atoms with Gasteiger partial charge in [-0.05, 0) is 38.0 Å². The Hall–Kier alpha value is -1.99. The molecule has 2 aliphatic heterocycles. The van der Waals surface area contributed by atoms with Gasteiger partial charge in [-0.15, -0.1) is 0 Å². The van der Waals surface area contributed by atoms with Crippen molar-refractivity contribution in [3.63, 3.8) is 0 Å². The zero-order valence-electron chi connectivity index (χ0n) is 15.7. The number of nitrogens with one attached hydrogen (secondary N) is 1. The van der Waals surface area contributed by atoms with E-state index in [1.807, 2.05) is 24.0 Å². The van der Waals surface area contributed by atoms with Crippen LogP contribution in [0.3, 0.4) is 0 Å². The van der Waals surface area contributed by atoms with E-state index in [0.717, 1.165) is 39.0 Å². The van der Waals surface area contributed by atoms with Gasteiger partial charge in [0.05, 0.1) is 6.61 Å². The maximum atomic E-state index is 12.4. The number of piperazine rings is 1. The van der Waals surface area contributed by atoms with Crippen LogP contribution in [0.5, 0.6) is 0 Å². The molecule has 2 aliphatic rings. The summed E-state index contributed by atoms with van der Waals surface area (Å²) >= 11 is 5.96. The van der Waals surface area contributed by atoms with Crippen molar-refractivity contribution in [2.75, 3.05) is 51.2 Å². The van der Waals surface area contributed by atoms with Gasteiger partial charge in [0, 0.05) is 56.0 Å². The molecule has 0 aromatic heterocycles. The number of urea groups is 1. The van der Waals surface area contributed by atoms with Crippen LogP contribution in [0.1, 0.15) is 19.8 Å². The van der Waals surface area contributed by atoms with E-state index >= 15 is 0 Å². The molecule has 0 radical (unpaired) electrons. The van der Waals surface area contributed by atoms with Crippen LogP contribution in [0, 0.1) is 0 Å². The van der Waals surface area contributed by atoms with Crippen molar-refractivity contribution < 1.29 is 14.3 Å². The molecule has 148 valence electrons. The number of hydrogen-bond donors (Lipinski definition) is 1. The molecule has 2 heterocycles. The molecule has 27 heavy (non-hydrogen) atoms. The molecule has 7 nitrogen and oxygen atoms in total. The fourth-order valence-electron chi connectivity index (χ4n) is 3.69. The van der Waals surface area contributed by atoms with Crippen LogP contribution in [0.2, 0.25) is 5.02 Å². The molecule has 0 spiro atoms. The summed E-state index contributed by atoms with van der Waals surface area (Å²) in [4.78, 5) is 30.3. The second-order valence-corrected chi connectivity index (χ2v) is 7.32. The third-order valence-corrected chi connectivity index (χ3v) is 5.42. The quantitative estimate of drug-likeness (QED) is 0.855. The number of hydrogen-bond acceptors (Lipinski definition) is 4. The number of nitrogens with zero attached hydrogens (tertiary/aromatic N) is 3. The molecule has 0 saturated carbocycles. The number of anilines is 1. The minimum atomic E-state index is -0.210. The molecule has 3 amide bonds. The van der Waals surface area contributed by atoms with Crippen molar-refractivity contribution in [1.82, 2.24) is 14.7 Å². The Morgan fingerprint density at radius 3 is 2.44 bits per heavy atom. The first-order chi connectivity index (χ1) is 13.1. The molecule has 0 aliphatic carbocycles. The molecule has 8 heteroatoms. The Bertz CT molecular complexity index is 656. The van der Waals surface area contributed by atoms with E-state index in [-0.39, 0.29) is 12.1 Å². The second kappa shape index (κ2) is 9.28. The summed E-state index contributed by atoms with van der Waals surface area (Å²) in [5.41, 5.74) is 0.710. The molecule has 1 aromatic rings. The van der Waals surface area contributed by atoms with E-state index in [0.29, 0.717) is 36.4 Å². The largest absolute Gasteiger partial charge is 0.450 e. The van der Waals surface area contributed by atoms with Crippen molar-refractivity contribution in [3.8, 4) is 0 Å². The van der Waals surface area contributed by atoms with E-state index in [1.165, 1.54) is 0 Å². The van der Waals surface area contributed by atoms with Gasteiger partial charge >= 0.3 is 12.1 Å². The minimum Gasteiger partial charge on any atom is -0.450 e. The van der Waals surface area contributed by atoms with E-state index in [4.69, 9.17) is 16.3 Å². The lowest BCUT2D eigenvalue weighted by molar-refractivity contribution is 0.0581. The zero-order valence-corrected chi connectivity index (χ0v) is 16.5. The molecule has 0 bridgehead atoms. The van der Waals surface area contributed by atoms with Crippen molar-refractivity contribution in [2.24, 2.45) is 0 Å². The Morgan fingerprint density at radius 1 is 1.11 bits per heavy atom. The van der Waals surface area contributed by atoms with E-state index < -0.39 is 0 Å². The molecule has 1 aromatic carbocycles. The predicted octanol–water partition coefficient (Wildman–Crippen LogP) is 3.11. The van der Waals surface area contributed by atoms with E-state index in [2.05, 4.69) is 10.2 Å². The van der Waals surface area contributed by atoms with Gasteiger partial charge in [-0.25, -0.2) is 9.59 Å². The highest BCUT2D eigenvalue weighted by atomic mass is 35.5. The number of halogens is 1. The topological polar surface area (TPSA) is 65.1 Å². The van der Waals surface area contributed by atoms with Gasteiger partial charge in [-0.1, -0.05) is 17.7 Å². The smallest absolute Gasteiger partial charge is 0.409 e. The monoisotopic (exact) mass is 394 g/mol. The Morgan fingerprint density at radius 2 is 1.81 bits per heavy atom. The highest BCUT2D eigenvalue weighted by Crippen LogP contribution is 2.20. The number of amides is 3. The standard InChI is InChI=1S/C19H27ClN4O3/c1-2-27-19(26)24-8-6-17(7-9-24)22-10-12-23(13-11-22)18(25)21-16-5-3-4-15(20)14-16/h3-5,14,17H,2,6-13H2,1H3,(H,21,25). The molecular formula is C19H27ClN4O3. The molecule has 2 fully saturated rings. The van der Waals surface area contributed by atoms with Crippen LogP contribution in [0.15, 0.2) is 24.3 Å². The van der Waals surface area contributed by atoms with Crippen LogP contribution in [-0.2, 0) is 4.74 Å². The predicted molar refractivity (Wildman–Crippen MR) is 105 cm³/mol. The highest BCUT2D eigenvalue weighted by molar-refractivity contribution is 6.30. The first-order valence-corrected chi connectivity index (χ1v) is 9.92. The normalized spacial score (nSPS) is 19.0. The Balaban J connectivity index is 1.42. The number of carbonyl (C=O) groups is 2. The molecule has 0 unspecified atom stereocenters. The van der Waals surface area contributed by atoms with Crippen LogP contribution in [0.4, 0.5) is 15.3 Å². The number of benzene rings is 1. The van der Waals surface area contributed by atoms with Gasteiger partial charge in [-0.2, -0.15) is 0 Å². The molecule has 1 N–H and O–H groups in total. The van der Waals surface area contributed by atoms with Gasteiger partial charge in [0.2, 0.25) is 0 Å². The summed E-state index contributed by atoms with van der Waals surface area (Å²) in [5, 5.41) is 3.51. The third-order valence-electron chi connectivity index (χ3n) is 5.18. The number of rotatable bonds is 3. The van der Waals surface area contributed by atoms with Crippen molar-refractivity contribution in [3.05, 3.63) is 29.3 Å². The first-order valence-electron chi connectivity index (χ1n) is 9.54. The molecule has 2 saturated heterocycles. The molecular weight excluding hydrogens is 368 g/mol. The average Bonchev–Trinajstić information content (AvgIpc) is 2.68. The van der Waals surface area contributed by atoms with Crippen LogP contribution in [0.25, 0.3) is 0 Å². The lowest BCUT2D eigenvalue weighted by Gasteiger charge is -2.42. The second-order valence-electron chi connectivity index (χ2n) is 6.88. The number of likely N-dealkylation sites (tertiary alicyclic amines) is 1. The summed E-state index contributed by atoms with van der Waals surface area (Å²) in [7, 11) is 0. The fraction of sp³-hybridized carbons (Fsp3) is 0.579. The summed E-state index contributed by atoms with van der Waals surface area (Å²) in [6.45, 7) is 6.82. The van der Waals surface area contributed by atoms with Crippen LogP contribution >= 0.6 is 11.6 Å². The highest BCUT2D eigenvalue weighted by Gasteiger charge is 2.30. The third kappa shape index (κ3) is 5.26. The number of ether oxygens (including phenoxy) is 1. The lowest BCUT2D eigenvalue weighted by atomic mass is 10.0. The maximum absolute atomic E-state index is 12.4. The summed E-state index contributed by atoms with van der Waals surface area (Å²) in [5.74, 6) is 0.